The number of halogens is 2. The minimum absolute atomic E-state index is 0.248. The highest BCUT2D eigenvalue weighted by atomic mass is 32.1. The Morgan fingerprint density at radius 1 is 1.29 bits per heavy atom. The van der Waals surface area contributed by atoms with Gasteiger partial charge in [-0.15, -0.1) is 0 Å². The van der Waals surface area contributed by atoms with Gasteiger partial charge in [-0.1, -0.05) is 18.3 Å². The van der Waals surface area contributed by atoms with E-state index >= 15 is 0 Å². The van der Waals surface area contributed by atoms with Crippen molar-refractivity contribution >= 4 is 17.2 Å². The highest BCUT2D eigenvalue weighted by Crippen LogP contribution is 2.13. The third-order valence-corrected chi connectivity index (χ3v) is 2.65. The molecule has 0 spiro atoms. The topological polar surface area (TPSA) is 30.9 Å². The summed E-state index contributed by atoms with van der Waals surface area (Å²) in [6, 6.07) is 7.02. The number of hydrogen-bond donors (Lipinski definition) is 1. The number of nitrogens with two attached hydrogens (primary N) is 1. The van der Waals surface area contributed by atoms with Gasteiger partial charge in [-0.2, -0.15) is 0 Å². The molecule has 5 heteroatoms. The van der Waals surface area contributed by atoms with E-state index in [1.165, 1.54) is 12.1 Å². The molecule has 1 aromatic carbocycles. The molecule has 0 bridgehead atoms. The second-order valence-corrected chi connectivity index (χ2v) is 4.06. The summed E-state index contributed by atoms with van der Waals surface area (Å²) in [6.07, 6.45) is 1.75. The predicted octanol–water partition coefficient (Wildman–Crippen LogP) is 2.45. The summed E-state index contributed by atoms with van der Waals surface area (Å²) in [4.78, 5) is 0.248. The average Bonchev–Trinajstić information content (AvgIpc) is 2.70. The van der Waals surface area contributed by atoms with Crippen molar-refractivity contribution in [3.05, 3.63) is 59.4 Å². The maximum absolute atomic E-state index is 13.5. The van der Waals surface area contributed by atoms with Crippen molar-refractivity contribution < 1.29 is 8.78 Å². The fourth-order valence-electron chi connectivity index (χ4n) is 1.61. The van der Waals surface area contributed by atoms with Crippen molar-refractivity contribution in [2.24, 2.45) is 5.73 Å². The van der Waals surface area contributed by atoms with Crippen molar-refractivity contribution in [1.82, 2.24) is 4.57 Å². The third kappa shape index (κ3) is 2.50. The van der Waals surface area contributed by atoms with Crippen molar-refractivity contribution in [2.75, 3.05) is 0 Å². The smallest absolute Gasteiger partial charge is 0.131 e. The van der Waals surface area contributed by atoms with Gasteiger partial charge in [0, 0.05) is 17.8 Å². The molecule has 0 radical (unpaired) electrons. The molecule has 0 saturated heterocycles. The van der Waals surface area contributed by atoms with Crippen LogP contribution in [0.25, 0.3) is 0 Å². The van der Waals surface area contributed by atoms with Gasteiger partial charge in [-0.3, -0.25) is 0 Å². The van der Waals surface area contributed by atoms with Crippen LogP contribution in [0.1, 0.15) is 11.3 Å². The molecule has 2 aromatic rings. The molecule has 0 unspecified atom stereocenters. The molecule has 0 saturated carbocycles. The van der Waals surface area contributed by atoms with Crippen LogP contribution >= 0.6 is 12.2 Å². The minimum atomic E-state index is -0.590. The zero-order valence-electron chi connectivity index (χ0n) is 8.86. The summed E-state index contributed by atoms with van der Waals surface area (Å²) < 4.78 is 27.9. The Bertz CT molecular complexity index is 563. The first kappa shape index (κ1) is 11.7. The first-order chi connectivity index (χ1) is 8.08. The molecule has 2 N–H and O–H groups in total. The Morgan fingerprint density at radius 3 is 2.71 bits per heavy atom. The van der Waals surface area contributed by atoms with Gasteiger partial charge in [0.05, 0.1) is 12.2 Å². The average molecular weight is 252 g/mol. The standard InChI is InChI=1S/C12H10F2N2S/c13-9-4-3-8(10(14)6-9)7-16-5-1-2-11(16)12(15)17/h1-6H,7H2,(H2,15,17). The Hall–Kier alpha value is -1.75. The van der Waals surface area contributed by atoms with Gasteiger partial charge < -0.3 is 10.3 Å². The molecule has 0 fully saturated rings. The second-order valence-electron chi connectivity index (χ2n) is 3.62. The summed E-state index contributed by atoms with van der Waals surface area (Å²) in [5, 5.41) is 0. The van der Waals surface area contributed by atoms with Crippen LogP contribution in [0.4, 0.5) is 8.78 Å². The normalized spacial score (nSPS) is 10.5. The molecule has 0 aliphatic carbocycles. The van der Waals surface area contributed by atoms with E-state index < -0.39 is 11.6 Å². The maximum atomic E-state index is 13.5. The van der Waals surface area contributed by atoms with Crippen LogP contribution in [0.2, 0.25) is 0 Å². The lowest BCUT2D eigenvalue weighted by Crippen LogP contribution is -2.16. The van der Waals surface area contributed by atoms with E-state index in [0.717, 1.165) is 6.07 Å². The van der Waals surface area contributed by atoms with Crippen LogP contribution < -0.4 is 5.73 Å². The molecule has 0 aliphatic heterocycles. The molecule has 1 heterocycles. The van der Waals surface area contributed by atoms with E-state index in [2.05, 4.69) is 0 Å². The summed E-state index contributed by atoms with van der Waals surface area (Å²) in [5.74, 6) is -1.17. The number of aromatic nitrogens is 1. The number of rotatable bonds is 3. The van der Waals surface area contributed by atoms with Crippen LogP contribution in [0.3, 0.4) is 0 Å². The summed E-state index contributed by atoms with van der Waals surface area (Å²) >= 11 is 4.88. The van der Waals surface area contributed by atoms with E-state index in [0.29, 0.717) is 11.3 Å². The number of thiocarbonyl (C=S) groups is 1. The molecular weight excluding hydrogens is 242 g/mol. The largest absolute Gasteiger partial charge is 0.388 e. The Balaban J connectivity index is 2.31. The zero-order chi connectivity index (χ0) is 12.4. The van der Waals surface area contributed by atoms with E-state index in [1.54, 1.807) is 22.9 Å². The van der Waals surface area contributed by atoms with Crippen molar-refractivity contribution in [1.29, 1.82) is 0 Å². The van der Waals surface area contributed by atoms with Gasteiger partial charge in [0.25, 0.3) is 0 Å². The molecule has 1 aromatic heterocycles. The lowest BCUT2D eigenvalue weighted by Gasteiger charge is -2.09. The minimum Gasteiger partial charge on any atom is -0.388 e. The predicted molar refractivity (Wildman–Crippen MR) is 65.8 cm³/mol. The van der Waals surface area contributed by atoms with Gasteiger partial charge in [0.15, 0.2) is 0 Å². The summed E-state index contributed by atoms with van der Waals surface area (Å²) in [6.45, 7) is 0.270. The monoisotopic (exact) mass is 252 g/mol. The Labute approximate surface area is 103 Å². The molecule has 2 nitrogen and oxygen atoms in total. The van der Waals surface area contributed by atoms with Gasteiger partial charge in [0.1, 0.15) is 16.6 Å². The zero-order valence-corrected chi connectivity index (χ0v) is 9.68. The van der Waals surface area contributed by atoms with Gasteiger partial charge in [-0.25, -0.2) is 8.78 Å². The van der Waals surface area contributed by atoms with Crippen LogP contribution in [0.5, 0.6) is 0 Å². The molecule has 17 heavy (non-hydrogen) atoms. The van der Waals surface area contributed by atoms with Gasteiger partial charge in [-0.05, 0) is 18.2 Å². The lowest BCUT2D eigenvalue weighted by molar-refractivity contribution is 0.566. The van der Waals surface area contributed by atoms with Crippen molar-refractivity contribution in [2.45, 2.75) is 6.54 Å². The molecule has 2 rings (SSSR count). The molecule has 0 amide bonds. The Morgan fingerprint density at radius 2 is 2.06 bits per heavy atom. The molecule has 0 aliphatic rings. The number of nitrogens with zero attached hydrogens (tertiary/aromatic N) is 1. The quantitative estimate of drug-likeness (QED) is 0.851. The van der Waals surface area contributed by atoms with Gasteiger partial charge >= 0.3 is 0 Å². The van der Waals surface area contributed by atoms with E-state index in [4.69, 9.17) is 18.0 Å². The molecule has 88 valence electrons. The Kier molecular flexibility index (Phi) is 3.19. The fourth-order valence-corrected chi connectivity index (χ4v) is 1.79. The van der Waals surface area contributed by atoms with Crippen LogP contribution in [0.15, 0.2) is 36.5 Å². The van der Waals surface area contributed by atoms with Crippen LogP contribution in [0, 0.1) is 11.6 Å². The van der Waals surface area contributed by atoms with Gasteiger partial charge in [0.2, 0.25) is 0 Å². The SMILES string of the molecule is NC(=S)c1cccn1Cc1ccc(F)cc1F. The van der Waals surface area contributed by atoms with E-state index in [1.807, 2.05) is 0 Å². The van der Waals surface area contributed by atoms with Crippen LogP contribution in [-0.2, 0) is 6.54 Å². The number of benzene rings is 1. The number of hydrogen-bond acceptors (Lipinski definition) is 1. The summed E-state index contributed by atoms with van der Waals surface area (Å²) in [5.41, 5.74) is 6.58. The first-order valence-electron chi connectivity index (χ1n) is 4.97. The summed E-state index contributed by atoms with van der Waals surface area (Å²) in [7, 11) is 0. The molecular formula is C12H10F2N2S. The van der Waals surface area contributed by atoms with Crippen molar-refractivity contribution in [3.63, 3.8) is 0 Å². The first-order valence-corrected chi connectivity index (χ1v) is 5.37. The van der Waals surface area contributed by atoms with E-state index in [-0.39, 0.29) is 11.5 Å². The highest BCUT2D eigenvalue weighted by molar-refractivity contribution is 7.80. The maximum Gasteiger partial charge on any atom is 0.131 e. The lowest BCUT2D eigenvalue weighted by atomic mass is 10.2. The third-order valence-electron chi connectivity index (χ3n) is 2.44. The van der Waals surface area contributed by atoms with E-state index in [9.17, 15) is 8.78 Å². The molecule has 0 atom stereocenters. The van der Waals surface area contributed by atoms with Crippen LogP contribution in [-0.4, -0.2) is 9.56 Å². The fraction of sp³-hybridized carbons (Fsp3) is 0.0833. The van der Waals surface area contributed by atoms with Crippen molar-refractivity contribution in [3.8, 4) is 0 Å². The highest BCUT2D eigenvalue weighted by Gasteiger charge is 2.08. The second kappa shape index (κ2) is 4.63.